The third kappa shape index (κ3) is 11.7. The minimum absolute atomic E-state index is 0.0159. The van der Waals surface area contributed by atoms with E-state index in [9.17, 15) is 14.4 Å². The largest absolute Gasteiger partial charge is 0.359 e. The Labute approximate surface area is 160 Å². The van der Waals surface area contributed by atoms with Gasteiger partial charge in [0.05, 0.1) is 0 Å². The molecule has 0 aliphatic carbocycles. The highest BCUT2D eigenvalue weighted by molar-refractivity contribution is 8.13. The number of unbranched alkanes of at least 4 members (excludes halogenated alkanes) is 4. The van der Waals surface area contributed by atoms with Crippen molar-refractivity contribution >= 4 is 28.7 Å². The van der Waals surface area contributed by atoms with Crippen LogP contribution < -0.4 is 10.6 Å². The van der Waals surface area contributed by atoms with Gasteiger partial charge in [-0.05, 0) is 31.4 Å². The van der Waals surface area contributed by atoms with Crippen LogP contribution in [0.2, 0.25) is 0 Å². The lowest BCUT2D eigenvalue weighted by Gasteiger charge is -2.05. The van der Waals surface area contributed by atoms with E-state index in [0.29, 0.717) is 32.2 Å². The van der Waals surface area contributed by atoms with E-state index in [-0.39, 0.29) is 16.9 Å². The molecule has 0 atom stereocenters. The SMILES string of the molecule is CNC(=O)CCCCCCCNC(=O)CCCC(=O)Sc1ccccc1. The molecule has 0 fully saturated rings. The van der Waals surface area contributed by atoms with Gasteiger partial charge in [0.25, 0.3) is 0 Å². The van der Waals surface area contributed by atoms with Crippen LogP contribution in [0.25, 0.3) is 0 Å². The number of thioether (sulfide) groups is 1. The minimum Gasteiger partial charge on any atom is -0.359 e. The molecule has 0 saturated heterocycles. The first-order chi connectivity index (χ1) is 12.6. The van der Waals surface area contributed by atoms with Crippen molar-refractivity contribution in [3.05, 3.63) is 30.3 Å². The summed E-state index contributed by atoms with van der Waals surface area (Å²) in [7, 11) is 1.66. The molecular weight excluding hydrogens is 348 g/mol. The van der Waals surface area contributed by atoms with Crippen molar-refractivity contribution in [2.45, 2.75) is 62.7 Å². The third-order valence-corrected chi connectivity index (χ3v) is 4.88. The molecular formula is C20H30N2O3S. The molecule has 0 bridgehead atoms. The maximum Gasteiger partial charge on any atom is 0.220 e. The average Bonchev–Trinajstić information content (AvgIpc) is 2.64. The number of hydrogen-bond donors (Lipinski definition) is 2. The predicted octanol–water partition coefficient (Wildman–Crippen LogP) is 3.68. The van der Waals surface area contributed by atoms with Crippen LogP contribution in [-0.2, 0) is 14.4 Å². The number of nitrogens with one attached hydrogen (secondary N) is 2. The lowest BCUT2D eigenvalue weighted by Crippen LogP contribution is -2.24. The van der Waals surface area contributed by atoms with Crippen LogP contribution in [-0.4, -0.2) is 30.5 Å². The fourth-order valence-corrected chi connectivity index (χ4v) is 3.25. The summed E-state index contributed by atoms with van der Waals surface area (Å²) in [5.41, 5.74) is 0. The molecule has 144 valence electrons. The lowest BCUT2D eigenvalue weighted by molar-refractivity contribution is -0.122. The van der Waals surface area contributed by atoms with Crippen LogP contribution >= 0.6 is 11.8 Å². The second kappa shape index (κ2) is 14.4. The Morgan fingerprint density at radius 3 is 2.19 bits per heavy atom. The molecule has 6 heteroatoms. The monoisotopic (exact) mass is 378 g/mol. The predicted molar refractivity (Wildman–Crippen MR) is 106 cm³/mol. The maximum atomic E-state index is 11.8. The van der Waals surface area contributed by atoms with Crippen molar-refractivity contribution in [3.63, 3.8) is 0 Å². The Hall–Kier alpha value is -1.82. The second-order valence-electron chi connectivity index (χ2n) is 6.18. The van der Waals surface area contributed by atoms with Crippen LogP contribution in [0.3, 0.4) is 0 Å². The van der Waals surface area contributed by atoms with Gasteiger partial charge >= 0.3 is 0 Å². The molecule has 2 amide bonds. The van der Waals surface area contributed by atoms with Gasteiger partial charge in [-0.2, -0.15) is 0 Å². The van der Waals surface area contributed by atoms with Gasteiger partial charge in [-0.15, -0.1) is 0 Å². The molecule has 0 radical (unpaired) electrons. The molecule has 0 spiro atoms. The maximum absolute atomic E-state index is 11.8. The van der Waals surface area contributed by atoms with Gasteiger partial charge in [-0.25, -0.2) is 0 Å². The highest BCUT2D eigenvalue weighted by Gasteiger charge is 2.07. The number of amides is 2. The van der Waals surface area contributed by atoms with Crippen LogP contribution in [0.15, 0.2) is 35.2 Å². The van der Waals surface area contributed by atoms with Crippen LogP contribution in [0, 0.1) is 0 Å². The van der Waals surface area contributed by atoms with E-state index in [1.165, 1.54) is 11.8 Å². The Balaban J connectivity index is 1.94. The van der Waals surface area contributed by atoms with Crippen LogP contribution in [0.4, 0.5) is 0 Å². The normalized spacial score (nSPS) is 10.3. The fraction of sp³-hybridized carbons (Fsp3) is 0.550. The summed E-state index contributed by atoms with van der Waals surface area (Å²) in [6.07, 6.45) is 7.04. The van der Waals surface area contributed by atoms with Crippen molar-refractivity contribution < 1.29 is 14.4 Å². The van der Waals surface area contributed by atoms with Crippen molar-refractivity contribution in [3.8, 4) is 0 Å². The Kier molecular flexibility index (Phi) is 12.3. The summed E-state index contributed by atoms with van der Waals surface area (Å²) in [5, 5.41) is 5.62. The zero-order valence-corrected chi connectivity index (χ0v) is 16.4. The molecule has 0 heterocycles. The summed E-state index contributed by atoms with van der Waals surface area (Å²) < 4.78 is 0. The quantitative estimate of drug-likeness (QED) is 0.406. The number of hydrogen-bond acceptors (Lipinski definition) is 4. The fourth-order valence-electron chi connectivity index (χ4n) is 2.45. The Morgan fingerprint density at radius 2 is 1.46 bits per heavy atom. The molecule has 0 unspecified atom stereocenters. The van der Waals surface area contributed by atoms with Crippen LogP contribution in [0.5, 0.6) is 0 Å². The summed E-state index contributed by atoms with van der Waals surface area (Å²) in [4.78, 5) is 35.6. The molecule has 1 rings (SSSR count). The lowest BCUT2D eigenvalue weighted by atomic mass is 10.1. The van der Waals surface area contributed by atoms with E-state index in [1.807, 2.05) is 30.3 Å². The summed E-state index contributed by atoms with van der Waals surface area (Å²) >= 11 is 1.23. The van der Waals surface area contributed by atoms with Crippen molar-refractivity contribution in [2.75, 3.05) is 13.6 Å². The van der Waals surface area contributed by atoms with Gasteiger partial charge in [-0.1, -0.05) is 49.2 Å². The van der Waals surface area contributed by atoms with Gasteiger partial charge in [0.15, 0.2) is 5.12 Å². The average molecular weight is 379 g/mol. The van der Waals surface area contributed by atoms with Gasteiger partial charge in [0, 0.05) is 37.8 Å². The first-order valence-electron chi connectivity index (χ1n) is 9.35. The van der Waals surface area contributed by atoms with Gasteiger partial charge in [0.2, 0.25) is 11.8 Å². The molecule has 0 aliphatic rings. The Morgan fingerprint density at radius 1 is 0.808 bits per heavy atom. The minimum atomic E-state index is 0.0159. The number of benzene rings is 1. The van der Waals surface area contributed by atoms with Crippen molar-refractivity contribution in [2.24, 2.45) is 0 Å². The highest BCUT2D eigenvalue weighted by Crippen LogP contribution is 2.20. The number of carbonyl (C=O) groups excluding carboxylic acids is 3. The molecule has 2 N–H and O–H groups in total. The first kappa shape index (κ1) is 22.2. The topological polar surface area (TPSA) is 75.3 Å². The molecule has 1 aromatic rings. The smallest absolute Gasteiger partial charge is 0.220 e. The zero-order valence-electron chi connectivity index (χ0n) is 15.6. The van der Waals surface area contributed by atoms with E-state index in [2.05, 4.69) is 10.6 Å². The highest BCUT2D eigenvalue weighted by atomic mass is 32.2. The van der Waals surface area contributed by atoms with E-state index in [1.54, 1.807) is 7.05 Å². The van der Waals surface area contributed by atoms with E-state index < -0.39 is 0 Å². The van der Waals surface area contributed by atoms with Gasteiger partial charge in [-0.3, -0.25) is 14.4 Å². The van der Waals surface area contributed by atoms with Crippen LogP contribution in [0.1, 0.15) is 57.8 Å². The van der Waals surface area contributed by atoms with Gasteiger partial charge in [0.1, 0.15) is 0 Å². The molecule has 26 heavy (non-hydrogen) atoms. The van der Waals surface area contributed by atoms with E-state index in [4.69, 9.17) is 0 Å². The van der Waals surface area contributed by atoms with E-state index >= 15 is 0 Å². The summed E-state index contributed by atoms with van der Waals surface area (Å²) in [6.45, 7) is 0.682. The summed E-state index contributed by atoms with van der Waals surface area (Å²) in [5.74, 6) is 0.111. The third-order valence-electron chi connectivity index (χ3n) is 3.94. The number of rotatable bonds is 13. The molecule has 0 aliphatic heterocycles. The van der Waals surface area contributed by atoms with Crippen molar-refractivity contribution in [1.29, 1.82) is 0 Å². The standard InChI is InChI=1S/C20H30N2O3S/c1-21-18(23)13-8-3-2-4-9-16-22-19(24)14-10-15-20(25)26-17-11-6-5-7-12-17/h5-7,11-12H,2-4,8-10,13-16H2,1H3,(H,21,23)(H,22,24). The van der Waals surface area contributed by atoms with E-state index in [0.717, 1.165) is 37.0 Å². The number of carbonyl (C=O) groups is 3. The first-order valence-corrected chi connectivity index (χ1v) is 10.2. The molecule has 1 aromatic carbocycles. The van der Waals surface area contributed by atoms with Gasteiger partial charge < -0.3 is 10.6 Å². The molecule has 5 nitrogen and oxygen atoms in total. The second-order valence-corrected chi connectivity index (χ2v) is 7.31. The van der Waals surface area contributed by atoms with Crippen molar-refractivity contribution in [1.82, 2.24) is 10.6 Å². The summed E-state index contributed by atoms with van der Waals surface area (Å²) in [6, 6.07) is 9.56. The molecule has 0 saturated carbocycles. The molecule has 0 aromatic heterocycles. The zero-order chi connectivity index (χ0) is 19.0. The Bertz CT molecular complexity index is 549.